The highest BCUT2D eigenvalue weighted by Crippen LogP contribution is 2.30. The van der Waals surface area contributed by atoms with Gasteiger partial charge in [-0.05, 0) is 37.1 Å². The molecule has 0 saturated carbocycles. The molecule has 2 aromatic rings. The maximum absolute atomic E-state index is 10.3. The third-order valence-electron chi connectivity index (χ3n) is 5.83. The number of unbranched alkanes of at least 4 members (excludes halogenated alkanes) is 6. The van der Waals surface area contributed by atoms with E-state index in [1.54, 1.807) is 4.58 Å². The standard InChI is InChI=1S/C23H35N5O3.ClH/c1-3-4-5-6-7-8-9-14-30-19-11-10-17(15-16(19)2)21-26-22(31-27-21)20-18(29)12-13-28(20)23(24)25;/h10-11,15,18,20,29H,3-9,12-14H2,1-2H3,(H3,24,25);1H/t18-,20?;/m0./s1. The predicted molar refractivity (Wildman–Crippen MR) is 120 cm³/mol. The summed E-state index contributed by atoms with van der Waals surface area (Å²) in [6.45, 7) is 5.53. The molecule has 0 amide bonds. The van der Waals surface area contributed by atoms with Gasteiger partial charge in [-0.25, -0.2) is 0 Å². The highest BCUT2D eigenvalue weighted by molar-refractivity contribution is 5.70. The Morgan fingerprint density at radius 3 is 2.59 bits per heavy atom. The minimum Gasteiger partial charge on any atom is -1.00 e. The third-order valence-corrected chi connectivity index (χ3v) is 5.83. The number of ether oxygens (including phenoxy) is 1. The molecule has 1 aromatic heterocycles. The fourth-order valence-corrected chi connectivity index (χ4v) is 4.03. The van der Waals surface area contributed by atoms with Crippen LogP contribution in [0.25, 0.3) is 11.4 Å². The lowest BCUT2D eigenvalue weighted by atomic mass is 10.1. The molecule has 2 heterocycles. The molecule has 1 aromatic carbocycles. The van der Waals surface area contributed by atoms with Gasteiger partial charge in [0.25, 0.3) is 5.89 Å². The van der Waals surface area contributed by atoms with Crippen LogP contribution in [0.4, 0.5) is 0 Å². The number of guanidine groups is 1. The average Bonchev–Trinajstić information content (AvgIpc) is 3.37. The van der Waals surface area contributed by atoms with Gasteiger partial charge < -0.3 is 26.8 Å². The maximum Gasteiger partial charge on any atom is 0.341 e. The normalized spacial score (nSPS) is 17.9. The summed E-state index contributed by atoms with van der Waals surface area (Å²) in [6, 6.07) is 5.34. The van der Waals surface area contributed by atoms with Crippen LogP contribution in [0.3, 0.4) is 0 Å². The molecule has 8 nitrogen and oxygen atoms in total. The van der Waals surface area contributed by atoms with Gasteiger partial charge >= 0.3 is 5.96 Å². The molecule has 0 radical (unpaired) electrons. The molecule has 0 bridgehead atoms. The highest BCUT2D eigenvalue weighted by atomic mass is 35.5. The summed E-state index contributed by atoms with van der Waals surface area (Å²) in [5.74, 6) is 1.79. The Bertz CT molecular complexity index is 882. The quantitative estimate of drug-likeness (QED) is 0.247. The van der Waals surface area contributed by atoms with Crippen molar-refractivity contribution in [1.29, 1.82) is 0 Å². The van der Waals surface area contributed by atoms with E-state index < -0.39 is 12.1 Å². The van der Waals surface area contributed by atoms with Gasteiger partial charge in [0, 0.05) is 12.0 Å². The lowest BCUT2D eigenvalue weighted by Crippen LogP contribution is -3.00. The van der Waals surface area contributed by atoms with Crippen LogP contribution in [0.2, 0.25) is 0 Å². The number of hydrogen-bond donors (Lipinski definition) is 3. The molecule has 32 heavy (non-hydrogen) atoms. The summed E-state index contributed by atoms with van der Waals surface area (Å²) in [5.41, 5.74) is 13.3. The molecule has 9 heteroatoms. The molecule has 178 valence electrons. The van der Waals surface area contributed by atoms with E-state index in [4.69, 9.17) is 20.7 Å². The van der Waals surface area contributed by atoms with Crippen LogP contribution in [0.15, 0.2) is 22.7 Å². The first kappa shape index (κ1) is 25.9. The Morgan fingerprint density at radius 2 is 1.91 bits per heavy atom. The van der Waals surface area contributed by atoms with E-state index in [0.29, 0.717) is 24.7 Å². The lowest BCUT2D eigenvalue weighted by Gasteiger charge is -2.11. The van der Waals surface area contributed by atoms with E-state index in [-0.39, 0.29) is 18.4 Å². The minimum absolute atomic E-state index is 0. The topological polar surface area (TPSA) is 123 Å². The fraction of sp³-hybridized carbons (Fsp3) is 0.609. The van der Waals surface area contributed by atoms with Crippen molar-refractivity contribution in [3.05, 3.63) is 29.7 Å². The van der Waals surface area contributed by atoms with E-state index in [2.05, 4.69) is 17.1 Å². The first-order valence-corrected chi connectivity index (χ1v) is 11.4. The van der Waals surface area contributed by atoms with Gasteiger partial charge in [0.2, 0.25) is 5.82 Å². The van der Waals surface area contributed by atoms with Gasteiger partial charge in [0.15, 0.2) is 6.04 Å². The van der Waals surface area contributed by atoms with Gasteiger partial charge in [0.05, 0.1) is 19.3 Å². The Balaban J connectivity index is 0.00000363. The van der Waals surface area contributed by atoms with Crippen molar-refractivity contribution in [2.24, 2.45) is 11.5 Å². The van der Waals surface area contributed by atoms with Crippen molar-refractivity contribution < 1.29 is 31.3 Å². The summed E-state index contributed by atoms with van der Waals surface area (Å²) in [4.78, 5) is 4.49. The largest absolute Gasteiger partial charge is 1.00 e. The molecule has 1 fully saturated rings. The molecule has 1 unspecified atom stereocenters. The van der Waals surface area contributed by atoms with Gasteiger partial charge in [-0.3, -0.25) is 16.0 Å². The van der Waals surface area contributed by atoms with E-state index in [0.717, 1.165) is 29.9 Å². The smallest absolute Gasteiger partial charge is 0.341 e. The second-order valence-electron chi connectivity index (χ2n) is 8.33. The van der Waals surface area contributed by atoms with E-state index >= 15 is 0 Å². The summed E-state index contributed by atoms with van der Waals surface area (Å²) in [6.07, 6.45) is 8.73. The average molecular weight is 466 g/mol. The van der Waals surface area contributed by atoms with Gasteiger partial charge in [-0.15, -0.1) is 0 Å². The van der Waals surface area contributed by atoms with Gasteiger partial charge in [-0.1, -0.05) is 50.6 Å². The number of hydrogen-bond acceptors (Lipinski definition) is 5. The molecule has 1 aliphatic rings. The van der Waals surface area contributed by atoms with Crippen molar-refractivity contribution in [1.82, 2.24) is 10.1 Å². The van der Waals surface area contributed by atoms with Crippen LogP contribution < -0.4 is 28.6 Å². The van der Waals surface area contributed by atoms with E-state index in [1.165, 1.54) is 38.5 Å². The number of nitrogens with zero attached hydrogens (tertiary/aromatic N) is 3. The number of nitrogens with two attached hydrogens (primary N) is 2. The predicted octanol–water partition coefficient (Wildman–Crippen LogP) is 0.270. The molecule has 0 spiro atoms. The minimum atomic E-state index is -0.653. The van der Waals surface area contributed by atoms with Crippen LogP contribution in [0.5, 0.6) is 5.75 Å². The molecule has 3 rings (SSSR count). The van der Waals surface area contributed by atoms with E-state index in [1.807, 2.05) is 25.1 Å². The summed E-state index contributed by atoms with van der Waals surface area (Å²) >= 11 is 0. The first-order chi connectivity index (χ1) is 15.0. The Kier molecular flexibility index (Phi) is 10.3. The number of aromatic nitrogens is 2. The molecular weight excluding hydrogens is 430 g/mol. The zero-order valence-corrected chi connectivity index (χ0v) is 19.9. The Hall–Kier alpha value is -2.32. The van der Waals surface area contributed by atoms with Crippen molar-refractivity contribution in [3.8, 4) is 17.1 Å². The summed E-state index contributed by atoms with van der Waals surface area (Å²) in [7, 11) is 0. The first-order valence-electron chi connectivity index (χ1n) is 11.4. The summed E-state index contributed by atoms with van der Waals surface area (Å²) < 4.78 is 13.1. The maximum atomic E-state index is 10.3. The number of halogens is 1. The molecular formula is C23H36ClN5O3. The van der Waals surface area contributed by atoms with Crippen molar-refractivity contribution in [2.45, 2.75) is 77.4 Å². The zero-order valence-electron chi connectivity index (χ0n) is 19.1. The number of aryl methyl sites for hydroxylation is 1. The Labute approximate surface area is 196 Å². The molecule has 5 N–H and O–H groups in total. The van der Waals surface area contributed by atoms with Gasteiger partial charge in [0.1, 0.15) is 5.75 Å². The SMILES string of the molecule is CCCCCCCCCOc1ccc(-c2noc(C3[C@@H](O)CC[N+]3=C(N)N)n2)cc1C.[Cl-]. The molecule has 1 aliphatic heterocycles. The number of benzene rings is 1. The third kappa shape index (κ3) is 6.59. The Morgan fingerprint density at radius 1 is 1.19 bits per heavy atom. The molecule has 0 aliphatic carbocycles. The van der Waals surface area contributed by atoms with Crippen molar-refractivity contribution >= 4 is 5.96 Å². The second kappa shape index (κ2) is 12.6. The summed E-state index contributed by atoms with van der Waals surface area (Å²) in [5, 5.41) is 14.4. The van der Waals surface area contributed by atoms with Crippen molar-refractivity contribution in [3.63, 3.8) is 0 Å². The van der Waals surface area contributed by atoms with Crippen LogP contribution >= 0.6 is 0 Å². The zero-order chi connectivity index (χ0) is 22.2. The van der Waals surface area contributed by atoms with Crippen molar-refractivity contribution in [2.75, 3.05) is 13.2 Å². The highest BCUT2D eigenvalue weighted by Gasteiger charge is 2.39. The van der Waals surface area contributed by atoms with Gasteiger partial charge in [-0.2, -0.15) is 4.98 Å². The monoisotopic (exact) mass is 465 g/mol. The number of aliphatic hydroxyl groups is 1. The van der Waals surface area contributed by atoms with Crippen LogP contribution in [-0.4, -0.2) is 45.0 Å². The number of rotatable bonds is 11. The fourth-order valence-electron chi connectivity index (χ4n) is 4.03. The van der Waals surface area contributed by atoms with Crippen LogP contribution in [0.1, 0.15) is 75.8 Å². The lowest BCUT2D eigenvalue weighted by molar-refractivity contribution is -0.560. The molecule has 2 atom stereocenters. The van der Waals surface area contributed by atoms with E-state index in [9.17, 15) is 5.11 Å². The van der Waals surface area contributed by atoms with Crippen LogP contribution in [-0.2, 0) is 0 Å². The number of aliphatic hydroxyl groups excluding tert-OH is 1. The van der Waals surface area contributed by atoms with Crippen LogP contribution in [0, 0.1) is 6.92 Å². The molecule has 1 saturated heterocycles. The second-order valence-corrected chi connectivity index (χ2v) is 8.33.